The lowest BCUT2D eigenvalue weighted by Crippen LogP contribution is -2.34. The lowest BCUT2D eigenvalue weighted by Gasteiger charge is -2.42. The van der Waals surface area contributed by atoms with Crippen molar-refractivity contribution in [3.63, 3.8) is 0 Å². The van der Waals surface area contributed by atoms with Crippen LogP contribution < -0.4 is 5.32 Å². The Morgan fingerprint density at radius 3 is 2.63 bits per heavy atom. The Bertz CT molecular complexity index is 411. The quantitative estimate of drug-likeness (QED) is 0.826. The third kappa shape index (κ3) is 2.75. The molecule has 106 valence electrons. The molecule has 1 aromatic heterocycles. The Balaban J connectivity index is 1.72. The predicted octanol–water partition coefficient (Wildman–Crippen LogP) is 4.92. The highest BCUT2D eigenvalue weighted by Crippen LogP contribution is 2.46. The first-order chi connectivity index (χ1) is 9.29. The van der Waals surface area contributed by atoms with E-state index in [1.807, 2.05) is 11.3 Å². The molecule has 1 nitrogen and oxygen atoms in total. The molecule has 0 radical (unpaired) electrons. The van der Waals surface area contributed by atoms with E-state index in [0.29, 0.717) is 6.04 Å². The molecule has 0 bridgehead atoms. The standard InChI is InChI=1S/C17H27NS/c1-12-9-10-19-17(12)16(18-2)15-8-7-13-5-3-4-6-14(13)11-15/h9-10,13-16,18H,3-8,11H2,1-2H3. The largest absolute Gasteiger partial charge is 0.312 e. The van der Waals surface area contributed by atoms with Gasteiger partial charge in [-0.3, -0.25) is 0 Å². The Morgan fingerprint density at radius 1 is 1.16 bits per heavy atom. The number of nitrogens with one attached hydrogen (secondary N) is 1. The summed E-state index contributed by atoms with van der Waals surface area (Å²) in [5.74, 6) is 2.96. The Hall–Kier alpha value is -0.340. The fraction of sp³-hybridized carbons (Fsp3) is 0.765. The summed E-state index contributed by atoms with van der Waals surface area (Å²) in [5.41, 5.74) is 1.48. The van der Waals surface area contributed by atoms with Crippen LogP contribution in [0, 0.1) is 24.7 Å². The van der Waals surface area contributed by atoms with E-state index in [9.17, 15) is 0 Å². The van der Waals surface area contributed by atoms with E-state index in [1.165, 1.54) is 50.5 Å². The number of thiophene rings is 1. The van der Waals surface area contributed by atoms with Crippen molar-refractivity contribution in [2.45, 2.75) is 57.9 Å². The highest BCUT2D eigenvalue weighted by Gasteiger charge is 2.36. The van der Waals surface area contributed by atoms with Gasteiger partial charge in [-0.2, -0.15) is 0 Å². The van der Waals surface area contributed by atoms with Crippen molar-refractivity contribution < 1.29 is 0 Å². The van der Waals surface area contributed by atoms with Gasteiger partial charge in [0.2, 0.25) is 0 Å². The molecule has 0 spiro atoms. The molecule has 19 heavy (non-hydrogen) atoms. The molecule has 1 N–H and O–H groups in total. The van der Waals surface area contributed by atoms with Crippen molar-refractivity contribution in [2.75, 3.05) is 7.05 Å². The average Bonchev–Trinajstić information content (AvgIpc) is 2.86. The molecule has 3 rings (SSSR count). The fourth-order valence-electron chi connectivity index (χ4n) is 4.50. The topological polar surface area (TPSA) is 12.0 Å². The highest BCUT2D eigenvalue weighted by atomic mass is 32.1. The summed E-state index contributed by atoms with van der Waals surface area (Å²) in [6.07, 6.45) is 10.4. The molecule has 0 amide bonds. The van der Waals surface area contributed by atoms with Crippen molar-refractivity contribution >= 4 is 11.3 Å². The first-order valence-electron chi connectivity index (χ1n) is 8.01. The van der Waals surface area contributed by atoms with E-state index >= 15 is 0 Å². The van der Waals surface area contributed by atoms with Crippen molar-refractivity contribution in [3.8, 4) is 0 Å². The van der Waals surface area contributed by atoms with E-state index in [1.54, 1.807) is 4.88 Å². The maximum atomic E-state index is 3.62. The van der Waals surface area contributed by atoms with Gasteiger partial charge >= 0.3 is 0 Å². The van der Waals surface area contributed by atoms with E-state index in [2.05, 4.69) is 30.7 Å². The minimum atomic E-state index is 0.600. The van der Waals surface area contributed by atoms with Gasteiger partial charge in [0, 0.05) is 10.9 Å². The minimum Gasteiger partial charge on any atom is -0.312 e. The zero-order valence-electron chi connectivity index (χ0n) is 12.3. The molecule has 1 heterocycles. The van der Waals surface area contributed by atoms with E-state index < -0.39 is 0 Å². The van der Waals surface area contributed by atoms with Gasteiger partial charge in [0.15, 0.2) is 0 Å². The van der Waals surface area contributed by atoms with Crippen molar-refractivity contribution in [1.82, 2.24) is 5.32 Å². The summed E-state index contributed by atoms with van der Waals surface area (Å²) >= 11 is 1.94. The Labute approximate surface area is 121 Å². The number of rotatable bonds is 3. The number of hydrogen-bond acceptors (Lipinski definition) is 2. The smallest absolute Gasteiger partial charge is 0.0443 e. The molecular formula is C17H27NS. The monoisotopic (exact) mass is 277 g/mol. The minimum absolute atomic E-state index is 0.600. The second kappa shape index (κ2) is 5.97. The molecule has 0 saturated heterocycles. The van der Waals surface area contributed by atoms with Crippen molar-refractivity contribution in [2.24, 2.45) is 17.8 Å². The highest BCUT2D eigenvalue weighted by molar-refractivity contribution is 7.10. The summed E-state index contributed by atoms with van der Waals surface area (Å²) in [4.78, 5) is 1.58. The molecule has 2 heteroatoms. The molecule has 4 unspecified atom stereocenters. The summed E-state index contributed by atoms with van der Waals surface area (Å²) in [7, 11) is 2.15. The third-order valence-electron chi connectivity index (χ3n) is 5.55. The fourth-order valence-corrected chi connectivity index (χ4v) is 5.63. The molecule has 2 fully saturated rings. The molecule has 2 aliphatic rings. The third-order valence-corrected chi connectivity index (χ3v) is 6.65. The Morgan fingerprint density at radius 2 is 1.95 bits per heavy atom. The summed E-state index contributed by atoms with van der Waals surface area (Å²) in [6.45, 7) is 2.27. The van der Waals surface area contributed by atoms with E-state index in [0.717, 1.165) is 17.8 Å². The summed E-state index contributed by atoms with van der Waals surface area (Å²) < 4.78 is 0. The normalized spacial score (nSPS) is 32.8. The number of fused-ring (bicyclic) bond motifs is 1. The van der Waals surface area contributed by atoms with Gasteiger partial charge in [-0.1, -0.05) is 25.7 Å². The zero-order valence-corrected chi connectivity index (χ0v) is 13.1. The first kappa shape index (κ1) is 13.6. The lowest BCUT2D eigenvalue weighted by molar-refractivity contribution is 0.112. The van der Waals surface area contributed by atoms with Crippen molar-refractivity contribution in [3.05, 3.63) is 21.9 Å². The van der Waals surface area contributed by atoms with Crippen LogP contribution in [0.2, 0.25) is 0 Å². The average molecular weight is 277 g/mol. The van der Waals surface area contributed by atoms with Crippen LogP contribution in [0.3, 0.4) is 0 Å². The van der Waals surface area contributed by atoms with Gasteiger partial charge in [0.1, 0.15) is 0 Å². The Kier molecular flexibility index (Phi) is 4.28. The van der Waals surface area contributed by atoms with Gasteiger partial charge < -0.3 is 5.32 Å². The van der Waals surface area contributed by atoms with Crippen LogP contribution in [0.1, 0.15) is 61.4 Å². The van der Waals surface area contributed by atoms with Crippen LogP contribution in [-0.2, 0) is 0 Å². The van der Waals surface area contributed by atoms with Gasteiger partial charge in [0.05, 0.1) is 0 Å². The zero-order chi connectivity index (χ0) is 13.2. The molecule has 2 saturated carbocycles. The first-order valence-corrected chi connectivity index (χ1v) is 8.88. The summed E-state index contributed by atoms with van der Waals surface area (Å²) in [6, 6.07) is 2.87. The van der Waals surface area contributed by atoms with Gasteiger partial charge in [-0.15, -0.1) is 11.3 Å². The second-order valence-electron chi connectivity index (χ2n) is 6.61. The van der Waals surface area contributed by atoms with Crippen molar-refractivity contribution in [1.29, 1.82) is 0 Å². The van der Waals surface area contributed by atoms with Gasteiger partial charge in [-0.05, 0) is 68.0 Å². The van der Waals surface area contributed by atoms with Crippen LogP contribution in [0.15, 0.2) is 11.4 Å². The molecule has 4 atom stereocenters. The van der Waals surface area contributed by atoms with Crippen LogP contribution in [0.5, 0.6) is 0 Å². The van der Waals surface area contributed by atoms with Crippen LogP contribution in [0.25, 0.3) is 0 Å². The van der Waals surface area contributed by atoms with Gasteiger partial charge in [0.25, 0.3) is 0 Å². The predicted molar refractivity (Wildman–Crippen MR) is 83.6 cm³/mol. The number of aryl methyl sites for hydroxylation is 1. The molecule has 2 aliphatic carbocycles. The van der Waals surface area contributed by atoms with Crippen LogP contribution in [0.4, 0.5) is 0 Å². The van der Waals surface area contributed by atoms with Crippen LogP contribution >= 0.6 is 11.3 Å². The lowest BCUT2D eigenvalue weighted by atomic mass is 9.66. The summed E-state index contributed by atoms with van der Waals surface area (Å²) in [5, 5.41) is 5.87. The van der Waals surface area contributed by atoms with Gasteiger partial charge in [-0.25, -0.2) is 0 Å². The maximum Gasteiger partial charge on any atom is 0.0443 e. The molecular weight excluding hydrogens is 250 g/mol. The molecule has 0 aromatic carbocycles. The van der Waals surface area contributed by atoms with E-state index in [4.69, 9.17) is 0 Å². The maximum absolute atomic E-state index is 3.62. The SMILES string of the molecule is CNC(c1sccc1C)C1CCC2CCCCC2C1. The van der Waals surface area contributed by atoms with E-state index in [-0.39, 0.29) is 0 Å². The second-order valence-corrected chi connectivity index (χ2v) is 7.56. The molecule has 0 aliphatic heterocycles. The number of hydrogen-bond donors (Lipinski definition) is 1. The molecule has 1 aromatic rings. The van der Waals surface area contributed by atoms with Crippen LogP contribution in [-0.4, -0.2) is 7.05 Å².